The van der Waals surface area contributed by atoms with Gasteiger partial charge in [-0.25, -0.2) is 4.98 Å². The molecule has 13 heavy (non-hydrogen) atoms. The van der Waals surface area contributed by atoms with E-state index in [0.29, 0.717) is 6.54 Å². The highest BCUT2D eigenvalue weighted by atomic mass is 16.3. The van der Waals surface area contributed by atoms with E-state index in [9.17, 15) is 5.11 Å². The molecule has 0 spiro atoms. The number of nitrogens with zero attached hydrogens (tertiary/aromatic N) is 2. The van der Waals surface area contributed by atoms with Crippen LogP contribution in [0.15, 0.2) is 18.7 Å². The van der Waals surface area contributed by atoms with Crippen molar-refractivity contribution in [3.8, 4) is 0 Å². The Bertz CT molecular complexity index is 209. The van der Waals surface area contributed by atoms with E-state index in [2.05, 4.69) is 11.9 Å². The van der Waals surface area contributed by atoms with Crippen LogP contribution in [0.2, 0.25) is 0 Å². The van der Waals surface area contributed by atoms with Crippen molar-refractivity contribution in [3.05, 3.63) is 18.7 Å². The number of imidazole rings is 1. The molecule has 0 bridgehead atoms. The number of aromatic nitrogens is 2. The molecule has 1 rings (SSSR count). The fourth-order valence-corrected chi connectivity index (χ4v) is 1.36. The summed E-state index contributed by atoms with van der Waals surface area (Å²) in [5.74, 6) is 0. The van der Waals surface area contributed by atoms with Gasteiger partial charge in [-0.3, -0.25) is 0 Å². The lowest BCUT2D eigenvalue weighted by molar-refractivity contribution is 0.141. The molecule has 3 heteroatoms. The van der Waals surface area contributed by atoms with E-state index in [1.165, 1.54) is 12.8 Å². The lowest BCUT2D eigenvalue weighted by Crippen LogP contribution is -2.14. The van der Waals surface area contributed by atoms with Crippen molar-refractivity contribution in [1.82, 2.24) is 9.55 Å². The molecule has 1 unspecified atom stereocenters. The second-order valence-corrected chi connectivity index (χ2v) is 3.41. The average molecular weight is 182 g/mol. The second kappa shape index (κ2) is 5.75. The molecule has 1 heterocycles. The van der Waals surface area contributed by atoms with Gasteiger partial charge in [0.05, 0.1) is 12.4 Å². The first-order valence-corrected chi connectivity index (χ1v) is 4.96. The molecular weight excluding hydrogens is 164 g/mol. The zero-order chi connectivity index (χ0) is 9.52. The molecule has 1 N–H and O–H groups in total. The molecular formula is C10H18N2O. The summed E-state index contributed by atoms with van der Waals surface area (Å²) in [4.78, 5) is 3.92. The van der Waals surface area contributed by atoms with Gasteiger partial charge in [-0.2, -0.15) is 0 Å². The first-order chi connectivity index (χ1) is 6.33. The van der Waals surface area contributed by atoms with Gasteiger partial charge in [-0.1, -0.05) is 26.2 Å². The van der Waals surface area contributed by atoms with Crippen LogP contribution in [0.4, 0.5) is 0 Å². The van der Waals surface area contributed by atoms with Crippen molar-refractivity contribution >= 4 is 0 Å². The quantitative estimate of drug-likeness (QED) is 0.681. The van der Waals surface area contributed by atoms with E-state index in [-0.39, 0.29) is 6.10 Å². The molecule has 0 aromatic carbocycles. The second-order valence-electron chi connectivity index (χ2n) is 3.41. The van der Waals surface area contributed by atoms with Crippen LogP contribution in [-0.2, 0) is 6.54 Å². The van der Waals surface area contributed by atoms with E-state index in [4.69, 9.17) is 0 Å². The topological polar surface area (TPSA) is 38.0 Å². The average Bonchev–Trinajstić information content (AvgIpc) is 2.57. The fraction of sp³-hybridized carbons (Fsp3) is 0.700. The number of unbranched alkanes of at least 4 members (excludes halogenated alkanes) is 2. The largest absolute Gasteiger partial charge is 0.391 e. The maximum absolute atomic E-state index is 9.60. The van der Waals surface area contributed by atoms with Gasteiger partial charge in [0, 0.05) is 18.9 Å². The summed E-state index contributed by atoms with van der Waals surface area (Å²) in [5, 5.41) is 9.60. The van der Waals surface area contributed by atoms with Gasteiger partial charge < -0.3 is 9.67 Å². The maximum Gasteiger partial charge on any atom is 0.0946 e. The monoisotopic (exact) mass is 182 g/mol. The smallest absolute Gasteiger partial charge is 0.0946 e. The van der Waals surface area contributed by atoms with Crippen molar-refractivity contribution < 1.29 is 5.11 Å². The summed E-state index contributed by atoms with van der Waals surface area (Å²) >= 11 is 0. The van der Waals surface area contributed by atoms with Gasteiger partial charge in [-0.05, 0) is 6.42 Å². The van der Waals surface area contributed by atoms with Gasteiger partial charge in [0.15, 0.2) is 0 Å². The van der Waals surface area contributed by atoms with Gasteiger partial charge in [0.2, 0.25) is 0 Å². The Balaban J connectivity index is 2.14. The van der Waals surface area contributed by atoms with Crippen LogP contribution in [0.3, 0.4) is 0 Å². The molecule has 0 saturated carbocycles. The van der Waals surface area contributed by atoms with Crippen LogP contribution >= 0.6 is 0 Å². The summed E-state index contributed by atoms with van der Waals surface area (Å²) in [5.41, 5.74) is 0. The lowest BCUT2D eigenvalue weighted by Gasteiger charge is -2.10. The maximum atomic E-state index is 9.60. The third-order valence-corrected chi connectivity index (χ3v) is 2.12. The van der Waals surface area contributed by atoms with E-state index < -0.39 is 0 Å². The minimum atomic E-state index is -0.222. The van der Waals surface area contributed by atoms with Crippen LogP contribution in [0.1, 0.15) is 32.6 Å². The Hall–Kier alpha value is -0.830. The number of aliphatic hydroxyl groups is 1. The zero-order valence-electron chi connectivity index (χ0n) is 8.19. The summed E-state index contributed by atoms with van der Waals surface area (Å²) in [6, 6.07) is 0. The van der Waals surface area contributed by atoms with Crippen molar-refractivity contribution in [2.24, 2.45) is 0 Å². The first-order valence-electron chi connectivity index (χ1n) is 4.96. The van der Waals surface area contributed by atoms with Crippen LogP contribution < -0.4 is 0 Å². The lowest BCUT2D eigenvalue weighted by atomic mass is 10.1. The zero-order valence-corrected chi connectivity index (χ0v) is 8.19. The van der Waals surface area contributed by atoms with E-state index in [1.54, 1.807) is 12.5 Å². The predicted molar refractivity (Wildman–Crippen MR) is 52.4 cm³/mol. The van der Waals surface area contributed by atoms with Gasteiger partial charge in [-0.15, -0.1) is 0 Å². The molecule has 0 aliphatic rings. The van der Waals surface area contributed by atoms with E-state index >= 15 is 0 Å². The Morgan fingerprint density at radius 3 is 2.92 bits per heavy atom. The van der Waals surface area contributed by atoms with Crippen molar-refractivity contribution in [2.75, 3.05) is 0 Å². The molecule has 0 aliphatic heterocycles. The molecule has 0 fully saturated rings. The number of rotatable bonds is 6. The van der Waals surface area contributed by atoms with Gasteiger partial charge in [0.1, 0.15) is 0 Å². The van der Waals surface area contributed by atoms with Crippen molar-refractivity contribution in [3.63, 3.8) is 0 Å². The first kappa shape index (κ1) is 10.3. The van der Waals surface area contributed by atoms with Crippen molar-refractivity contribution in [2.45, 2.75) is 45.3 Å². The molecule has 1 aromatic heterocycles. The molecule has 0 saturated heterocycles. The number of aliphatic hydroxyl groups excluding tert-OH is 1. The molecule has 3 nitrogen and oxygen atoms in total. The summed E-state index contributed by atoms with van der Waals surface area (Å²) in [6.45, 7) is 2.84. The molecule has 1 aromatic rings. The molecule has 0 amide bonds. The van der Waals surface area contributed by atoms with Crippen molar-refractivity contribution in [1.29, 1.82) is 0 Å². The summed E-state index contributed by atoms with van der Waals surface area (Å²) < 4.78 is 1.91. The highest BCUT2D eigenvalue weighted by Crippen LogP contribution is 2.05. The van der Waals surface area contributed by atoms with E-state index in [0.717, 1.165) is 12.8 Å². The van der Waals surface area contributed by atoms with Crippen LogP contribution in [0, 0.1) is 0 Å². The minimum Gasteiger partial charge on any atom is -0.391 e. The van der Waals surface area contributed by atoms with Gasteiger partial charge in [0.25, 0.3) is 0 Å². The molecule has 74 valence electrons. The summed E-state index contributed by atoms with van der Waals surface area (Å²) in [6.07, 6.45) is 9.56. The fourth-order valence-electron chi connectivity index (χ4n) is 1.36. The number of hydrogen-bond donors (Lipinski definition) is 1. The third kappa shape index (κ3) is 4.08. The Morgan fingerprint density at radius 2 is 2.31 bits per heavy atom. The third-order valence-electron chi connectivity index (χ3n) is 2.12. The Morgan fingerprint density at radius 1 is 1.46 bits per heavy atom. The minimum absolute atomic E-state index is 0.222. The predicted octanol–water partition coefficient (Wildman–Crippen LogP) is 1.82. The number of hydrogen-bond acceptors (Lipinski definition) is 2. The summed E-state index contributed by atoms with van der Waals surface area (Å²) in [7, 11) is 0. The standard InChI is InChI=1S/C10H18N2O/c1-2-3-4-5-10(13)8-12-7-6-11-9-12/h6-7,9-10,13H,2-5,8H2,1H3. The Labute approximate surface area is 79.4 Å². The van der Waals surface area contributed by atoms with E-state index in [1.807, 2.05) is 10.8 Å². The molecule has 0 aliphatic carbocycles. The van der Waals surface area contributed by atoms with Crippen LogP contribution in [0.25, 0.3) is 0 Å². The van der Waals surface area contributed by atoms with Crippen LogP contribution in [0.5, 0.6) is 0 Å². The Kier molecular flexibility index (Phi) is 4.54. The highest BCUT2D eigenvalue weighted by molar-refractivity contribution is 4.75. The van der Waals surface area contributed by atoms with Crippen LogP contribution in [-0.4, -0.2) is 20.8 Å². The molecule has 1 atom stereocenters. The SMILES string of the molecule is CCCCCC(O)Cn1ccnc1. The normalized spacial score (nSPS) is 13.1. The van der Waals surface area contributed by atoms with Gasteiger partial charge >= 0.3 is 0 Å². The highest BCUT2D eigenvalue weighted by Gasteiger charge is 2.03. The molecule has 0 radical (unpaired) electrons.